The molecule has 1 aliphatic rings. The molecule has 29 heavy (non-hydrogen) atoms. The molecule has 0 saturated heterocycles. The van der Waals surface area contributed by atoms with E-state index in [2.05, 4.69) is 96.8 Å². The van der Waals surface area contributed by atoms with Crippen molar-refractivity contribution < 1.29 is 28.9 Å². The van der Waals surface area contributed by atoms with Crippen LogP contribution in [0.1, 0.15) is 19.3 Å². The van der Waals surface area contributed by atoms with Gasteiger partial charge in [0.15, 0.2) is 0 Å². The summed E-state index contributed by atoms with van der Waals surface area (Å²) < 4.78 is 34.0. The van der Waals surface area contributed by atoms with Gasteiger partial charge in [0.1, 0.15) is 23.2 Å². The number of hydrogen-bond donors (Lipinski definition) is 0. The third kappa shape index (κ3) is 5.74. The smallest absolute Gasteiger partial charge is 0.136 e. The van der Waals surface area contributed by atoms with Crippen LogP contribution in [0.15, 0.2) is 102 Å². The first-order valence-corrected chi connectivity index (χ1v) is 12.4. The Kier molecular flexibility index (Phi) is 7.20. The molecule has 4 nitrogen and oxygen atoms in total. The van der Waals surface area contributed by atoms with Crippen molar-refractivity contribution in [3.63, 3.8) is 0 Å². The van der Waals surface area contributed by atoms with Crippen molar-refractivity contribution in [1.82, 2.24) is 0 Å². The second-order valence-corrected chi connectivity index (χ2v) is 10.8. The molecule has 0 atom stereocenters. The minimum absolute atomic E-state index is 1.26. The Labute approximate surface area is 173 Å². The Hall–Kier alpha value is -2.04. The summed E-state index contributed by atoms with van der Waals surface area (Å²) in [5, 5.41) is 4.34. The van der Waals surface area contributed by atoms with Crippen LogP contribution < -0.4 is 34.5 Å². The highest BCUT2D eigenvalue weighted by Crippen LogP contribution is 2.58. The van der Waals surface area contributed by atoms with Crippen molar-refractivity contribution in [2.75, 3.05) is 0 Å². The van der Waals surface area contributed by atoms with Crippen LogP contribution in [0.4, 0.5) is 0 Å². The highest BCUT2D eigenvalue weighted by atomic mass is 35.7. The molecule has 3 aromatic carbocycles. The molecule has 0 unspecified atom stereocenters. The Morgan fingerprint density at radius 1 is 0.586 bits per heavy atom. The van der Waals surface area contributed by atoms with Crippen LogP contribution in [0.5, 0.6) is 0 Å². The summed E-state index contributed by atoms with van der Waals surface area (Å²) in [6.45, 7) is 0. The first kappa shape index (κ1) is 21.7. The lowest BCUT2D eigenvalue weighted by atomic mass is 9.95. The molecule has 1 fully saturated rings. The fourth-order valence-electron chi connectivity index (χ4n) is 3.44. The van der Waals surface area contributed by atoms with Crippen LogP contribution in [0.25, 0.3) is 0 Å². The number of allylic oxidation sites excluding steroid dienone is 1. The lowest BCUT2D eigenvalue weighted by Crippen LogP contribution is -2.68. The lowest BCUT2D eigenvalue weighted by molar-refractivity contribution is -2.00. The molecule has 0 N–H and O–H groups in total. The van der Waals surface area contributed by atoms with E-state index in [4.69, 9.17) is 18.6 Å². The van der Waals surface area contributed by atoms with Gasteiger partial charge in [-0.2, -0.15) is 0 Å². The van der Waals surface area contributed by atoms with Crippen molar-refractivity contribution in [2.24, 2.45) is 0 Å². The average molecular weight is 429 g/mol. The van der Waals surface area contributed by atoms with Gasteiger partial charge in [0.2, 0.25) is 0 Å². The van der Waals surface area contributed by atoms with Gasteiger partial charge < -0.3 is 0 Å². The predicted octanol–water partition coefficient (Wildman–Crippen LogP) is 0.292. The van der Waals surface area contributed by atoms with E-state index in [-0.39, 0.29) is 0 Å². The Balaban J connectivity index is 0.000000431. The molecular weight excluding hydrogens is 407 g/mol. The fraction of sp³-hybridized carbons (Fsp3) is 0.130. The monoisotopic (exact) mass is 428 g/mol. The lowest BCUT2D eigenvalue weighted by Gasteiger charge is -2.27. The predicted molar refractivity (Wildman–Crippen MR) is 107 cm³/mol. The van der Waals surface area contributed by atoms with Crippen LogP contribution in [0, 0.1) is 10.2 Å². The summed E-state index contributed by atoms with van der Waals surface area (Å²) >= 11 is 0. The molecule has 0 heterocycles. The van der Waals surface area contributed by atoms with Gasteiger partial charge in [-0.05, 0) is 61.2 Å². The standard InChI is InChI=1S/C23H22P.ClHO4/c1-4-13-21(14-5-1)24(19-20-11-10-12-20,22-15-6-2-7-16-22)23-17-8-3-9-18-23;2-1(3,4)5/h1-9,13-19H,10-12H2;(H,2,3,4,5)/q+1;/p-1. The first-order chi connectivity index (χ1) is 13.9. The molecule has 6 heteroatoms. The van der Waals surface area contributed by atoms with Gasteiger partial charge in [0.05, 0.1) is 5.82 Å². The topological polar surface area (TPSA) is 92.2 Å². The maximum atomic E-state index is 8.49. The highest BCUT2D eigenvalue weighted by Gasteiger charge is 2.44. The zero-order valence-electron chi connectivity index (χ0n) is 15.8. The minimum Gasteiger partial charge on any atom is -0.222 e. The first-order valence-electron chi connectivity index (χ1n) is 9.27. The minimum atomic E-state index is -4.94. The summed E-state index contributed by atoms with van der Waals surface area (Å²) in [6.07, 6.45) is 3.85. The normalized spacial score (nSPS) is 13.7. The van der Waals surface area contributed by atoms with Gasteiger partial charge in [0.25, 0.3) is 0 Å². The van der Waals surface area contributed by atoms with Crippen LogP contribution in [0.3, 0.4) is 0 Å². The van der Waals surface area contributed by atoms with Crippen LogP contribution in [-0.4, -0.2) is 0 Å². The molecule has 3 aromatic rings. The van der Waals surface area contributed by atoms with E-state index in [0.717, 1.165) is 0 Å². The Morgan fingerprint density at radius 2 is 0.897 bits per heavy atom. The summed E-state index contributed by atoms with van der Waals surface area (Å²) in [7, 11) is -6.68. The van der Waals surface area contributed by atoms with E-state index in [1.807, 2.05) is 0 Å². The summed E-state index contributed by atoms with van der Waals surface area (Å²) in [5.41, 5.74) is 1.62. The van der Waals surface area contributed by atoms with Gasteiger partial charge in [-0.25, -0.2) is 18.6 Å². The largest absolute Gasteiger partial charge is 0.222 e. The molecule has 1 saturated carbocycles. The van der Waals surface area contributed by atoms with E-state index in [1.165, 1.54) is 35.2 Å². The molecule has 0 spiro atoms. The van der Waals surface area contributed by atoms with Crippen molar-refractivity contribution >= 4 is 23.2 Å². The number of halogens is 1. The molecule has 1 aliphatic carbocycles. The van der Waals surface area contributed by atoms with Crippen molar-refractivity contribution in [3.05, 3.63) is 102 Å². The molecular formula is C23H22ClO4P. The highest BCUT2D eigenvalue weighted by molar-refractivity contribution is 7.98. The molecule has 0 radical (unpaired) electrons. The zero-order chi connectivity index (χ0) is 20.7. The maximum Gasteiger partial charge on any atom is 0.136 e. The summed E-state index contributed by atoms with van der Waals surface area (Å²) in [4.78, 5) is 0. The van der Waals surface area contributed by atoms with Crippen LogP contribution in [-0.2, 0) is 0 Å². The quantitative estimate of drug-likeness (QED) is 0.558. The number of hydrogen-bond acceptors (Lipinski definition) is 4. The van der Waals surface area contributed by atoms with Crippen LogP contribution in [0.2, 0.25) is 0 Å². The average Bonchev–Trinajstić information content (AvgIpc) is 2.68. The summed E-state index contributed by atoms with van der Waals surface area (Å²) in [6, 6.07) is 33.3. The third-order valence-electron chi connectivity index (χ3n) is 4.86. The number of benzene rings is 3. The van der Waals surface area contributed by atoms with E-state index >= 15 is 0 Å². The van der Waals surface area contributed by atoms with E-state index in [0.29, 0.717) is 0 Å². The van der Waals surface area contributed by atoms with Crippen molar-refractivity contribution in [2.45, 2.75) is 19.3 Å². The van der Waals surface area contributed by atoms with Gasteiger partial charge >= 0.3 is 0 Å². The van der Waals surface area contributed by atoms with Crippen LogP contribution >= 0.6 is 7.26 Å². The molecule has 0 aromatic heterocycles. The van der Waals surface area contributed by atoms with Gasteiger partial charge in [0, 0.05) is 0 Å². The van der Waals surface area contributed by atoms with Crippen molar-refractivity contribution in [3.8, 4) is 0 Å². The van der Waals surface area contributed by atoms with E-state index < -0.39 is 17.5 Å². The summed E-state index contributed by atoms with van der Waals surface area (Å²) in [5.74, 6) is 2.64. The van der Waals surface area contributed by atoms with E-state index in [1.54, 1.807) is 5.57 Å². The fourth-order valence-corrected chi connectivity index (χ4v) is 7.52. The molecule has 0 amide bonds. The SMILES string of the molecule is C(=C1CCC1)[P+](c1ccccc1)(c1ccccc1)c1ccccc1.[O-][Cl+3]([O-])([O-])[O-]. The molecule has 0 aliphatic heterocycles. The second kappa shape index (κ2) is 9.64. The Bertz CT molecular complexity index is 817. The van der Waals surface area contributed by atoms with Gasteiger partial charge in [-0.1, -0.05) is 54.6 Å². The number of rotatable bonds is 4. The molecule has 0 bridgehead atoms. The maximum absolute atomic E-state index is 8.49. The van der Waals surface area contributed by atoms with Gasteiger partial charge in [-0.15, -0.1) is 10.2 Å². The van der Waals surface area contributed by atoms with E-state index in [9.17, 15) is 0 Å². The molecule has 4 rings (SSSR count). The Morgan fingerprint density at radius 3 is 1.14 bits per heavy atom. The third-order valence-corrected chi connectivity index (χ3v) is 8.95. The molecule has 150 valence electrons. The van der Waals surface area contributed by atoms with Gasteiger partial charge in [-0.3, -0.25) is 0 Å². The zero-order valence-corrected chi connectivity index (χ0v) is 17.5. The van der Waals surface area contributed by atoms with Crippen molar-refractivity contribution in [1.29, 1.82) is 0 Å². The second-order valence-electron chi connectivity index (χ2n) is 6.75.